The highest BCUT2D eigenvalue weighted by atomic mass is 16.5. The minimum absolute atomic E-state index is 0.397. The number of benzene rings is 3. The van der Waals surface area contributed by atoms with E-state index in [-0.39, 0.29) is 0 Å². The number of ether oxygens (including phenoxy) is 2. The molecule has 7 nitrogen and oxygen atoms in total. The minimum atomic E-state index is -0.397. The molecule has 2 amide bonds. The topological polar surface area (TPSA) is 85.6 Å². The van der Waals surface area contributed by atoms with Crippen LogP contribution in [0.2, 0.25) is 0 Å². The molecular formula is C22H19N3O4. The van der Waals surface area contributed by atoms with E-state index in [9.17, 15) is 4.79 Å². The van der Waals surface area contributed by atoms with E-state index in [1.807, 2.05) is 36.4 Å². The molecule has 0 saturated carbocycles. The van der Waals surface area contributed by atoms with E-state index < -0.39 is 6.03 Å². The molecule has 0 unspecified atom stereocenters. The van der Waals surface area contributed by atoms with Crippen molar-refractivity contribution in [3.05, 3.63) is 66.7 Å². The molecule has 1 heterocycles. The second-order valence-corrected chi connectivity index (χ2v) is 6.18. The Hall–Kier alpha value is -4.00. The van der Waals surface area contributed by atoms with Gasteiger partial charge >= 0.3 is 6.03 Å². The van der Waals surface area contributed by atoms with Gasteiger partial charge in [0.05, 0.1) is 19.9 Å². The molecule has 0 bridgehead atoms. The highest BCUT2D eigenvalue weighted by Gasteiger charge is 2.13. The normalized spacial score (nSPS) is 10.6. The summed E-state index contributed by atoms with van der Waals surface area (Å²) in [5.41, 5.74) is 3.49. The first-order chi connectivity index (χ1) is 14.2. The van der Waals surface area contributed by atoms with Gasteiger partial charge in [0.2, 0.25) is 5.89 Å². The van der Waals surface area contributed by atoms with Gasteiger partial charge in [-0.15, -0.1) is 0 Å². The van der Waals surface area contributed by atoms with Crippen molar-refractivity contribution >= 4 is 28.5 Å². The number of nitrogens with zero attached hydrogens (tertiary/aromatic N) is 1. The van der Waals surface area contributed by atoms with Crippen molar-refractivity contribution in [2.75, 3.05) is 24.9 Å². The first-order valence-electron chi connectivity index (χ1n) is 8.93. The predicted octanol–water partition coefficient (Wildman–Crippen LogP) is 5.16. The molecule has 4 aromatic rings. The molecule has 0 radical (unpaired) electrons. The monoisotopic (exact) mass is 389 g/mol. The number of carbonyl (C=O) groups is 1. The summed E-state index contributed by atoms with van der Waals surface area (Å²) in [6, 6.07) is 19.7. The average Bonchev–Trinajstić information content (AvgIpc) is 3.18. The summed E-state index contributed by atoms with van der Waals surface area (Å²) in [4.78, 5) is 16.8. The number of amides is 2. The van der Waals surface area contributed by atoms with Crippen LogP contribution in [0.25, 0.3) is 22.6 Å². The molecule has 2 N–H and O–H groups in total. The number of oxazole rings is 1. The van der Waals surface area contributed by atoms with Gasteiger partial charge in [-0.1, -0.05) is 18.2 Å². The second-order valence-electron chi connectivity index (χ2n) is 6.18. The van der Waals surface area contributed by atoms with Crippen molar-refractivity contribution in [3.63, 3.8) is 0 Å². The average molecular weight is 389 g/mol. The fraction of sp³-hybridized carbons (Fsp3) is 0.0909. The van der Waals surface area contributed by atoms with Crippen LogP contribution in [0.4, 0.5) is 16.2 Å². The molecule has 29 heavy (non-hydrogen) atoms. The Morgan fingerprint density at radius 1 is 0.897 bits per heavy atom. The maximum atomic E-state index is 12.4. The Morgan fingerprint density at radius 3 is 2.41 bits per heavy atom. The van der Waals surface area contributed by atoms with E-state index in [1.54, 1.807) is 37.4 Å². The molecule has 0 atom stereocenters. The van der Waals surface area contributed by atoms with E-state index >= 15 is 0 Å². The molecule has 146 valence electrons. The highest BCUT2D eigenvalue weighted by molar-refractivity contribution is 6.01. The molecular weight excluding hydrogens is 370 g/mol. The number of urea groups is 1. The van der Waals surface area contributed by atoms with Crippen LogP contribution in [0.15, 0.2) is 71.1 Å². The number of para-hydroxylation sites is 3. The molecule has 0 aliphatic rings. The fourth-order valence-electron chi connectivity index (χ4n) is 2.96. The maximum Gasteiger partial charge on any atom is 0.323 e. The molecule has 0 spiro atoms. The number of aromatic nitrogens is 1. The van der Waals surface area contributed by atoms with Crippen LogP contribution in [-0.4, -0.2) is 25.2 Å². The van der Waals surface area contributed by atoms with Gasteiger partial charge in [0, 0.05) is 11.3 Å². The van der Waals surface area contributed by atoms with E-state index in [4.69, 9.17) is 13.9 Å². The van der Waals surface area contributed by atoms with Crippen LogP contribution in [0.1, 0.15) is 0 Å². The third kappa shape index (κ3) is 3.84. The smallest absolute Gasteiger partial charge is 0.323 e. The number of hydrogen-bond donors (Lipinski definition) is 2. The Balaban J connectivity index is 1.47. The molecule has 0 aliphatic carbocycles. The van der Waals surface area contributed by atoms with Gasteiger partial charge in [-0.05, 0) is 48.5 Å². The minimum Gasteiger partial charge on any atom is -0.493 e. The molecule has 1 aromatic heterocycles. The summed E-state index contributed by atoms with van der Waals surface area (Å²) >= 11 is 0. The van der Waals surface area contributed by atoms with Crippen molar-refractivity contribution in [2.24, 2.45) is 0 Å². The van der Waals surface area contributed by atoms with Gasteiger partial charge in [-0.2, -0.15) is 0 Å². The zero-order chi connectivity index (χ0) is 20.2. The van der Waals surface area contributed by atoms with Gasteiger partial charge in [-0.25, -0.2) is 9.78 Å². The standard InChI is InChI=1S/C22H19N3O4/c1-27-19-9-5-7-17(20(19)28-2)25-22(26)23-15-12-10-14(11-13-15)21-24-16-6-3-4-8-18(16)29-21/h3-13H,1-2H3,(H2,23,25,26). The van der Waals surface area contributed by atoms with Crippen molar-refractivity contribution in [2.45, 2.75) is 0 Å². The number of anilines is 2. The number of hydrogen-bond acceptors (Lipinski definition) is 5. The number of nitrogens with one attached hydrogen (secondary N) is 2. The molecule has 4 rings (SSSR count). The number of rotatable bonds is 5. The summed E-state index contributed by atoms with van der Waals surface area (Å²) in [5, 5.41) is 5.55. The SMILES string of the molecule is COc1cccc(NC(=O)Nc2ccc(-c3nc4ccccc4o3)cc2)c1OC. The third-order valence-corrected chi connectivity index (χ3v) is 4.33. The summed E-state index contributed by atoms with van der Waals surface area (Å²) in [5.74, 6) is 1.52. The van der Waals surface area contributed by atoms with Gasteiger partial charge in [0.25, 0.3) is 0 Å². The molecule has 3 aromatic carbocycles. The van der Waals surface area contributed by atoms with Crippen molar-refractivity contribution in [3.8, 4) is 23.0 Å². The Morgan fingerprint density at radius 2 is 1.69 bits per heavy atom. The summed E-state index contributed by atoms with van der Waals surface area (Å²) in [7, 11) is 3.06. The number of carbonyl (C=O) groups excluding carboxylic acids is 1. The summed E-state index contributed by atoms with van der Waals surface area (Å²) in [6.45, 7) is 0. The van der Waals surface area contributed by atoms with Crippen LogP contribution < -0.4 is 20.1 Å². The van der Waals surface area contributed by atoms with E-state index in [0.29, 0.717) is 28.8 Å². The van der Waals surface area contributed by atoms with Crippen LogP contribution in [0.3, 0.4) is 0 Å². The largest absolute Gasteiger partial charge is 0.493 e. The van der Waals surface area contributed by atoms with Crippen molar-refractivity contribution in [1.29, 1.82) is 0 Å². The Bertz CT molecular complexity index is 1120. The lowest BCUT2D eigenvalue weighted by atomic mass is 10.2. The molecule has 7 heteroatoms. The summed E-state index contributed by atoms with van der Waals surface area (Å²) < 4.78 is 16.3. The van der Waals surface area contributed by atoms with Crippen molar-refractivity contribution < 1.29 is 18.7 Å². The summed E-state index contributed by atoms with van der Waals surface area (Å²) in [6.07, 6.45) is 0. The Kier molecular flexibility index (Phi) is 5.03. The van der Waals surface area contributed by atoms with Crippen LogP contribution in [0, 0.1) is 0 Å². The molecule has 0 aliphatic heterocycles. The van der Waals surface area contributed by atoms with Crippen LogP contribution in [0.5, 0.6) is 11.5 Å². The van der Waals surface area contributed by atoms with Crippen LogP contribution in [-0.2, 0) is 0 Å². The second kappa shape index (κ2) is 7.93. The van der Waals surface area contributed by atoms with E-state index in [1.165, 1.54) is 7.11 Å². The highest BCUT2D eigenvalue weighted by Crippen LogP contribution is 2.34. The van der Waals surface area contributed by atoms with E-state index in [0.717, 1.165) is 16.7 Å². The Labute approximate surface area is 167 Å². The van der Waals surface area contributed by atoms with Gasteiger partial charge in [0.15, 0.2) is 17.1 Å². The predicted molar refractivity (Wildman–Crippen MR) is 112 cm³/mol. The van der Waals surface area contributed by atoms with Crippen molar-refractivity contribution in [1.82, 2.24) is 4.98 Å². The zero-order valence-electron chi connectivity index (χ0n) is 15.9. The first kappa shape index (κ1) is 18.4. The van der Waals surface area contributed by atoms with Gasteiger partial charge in [-0.3, -0.25) is 0 Å². The third-order valence-electron chi connectivity index (χ3n) is 4.33. The quantitative estimate of drug-likeness (QED) is 0.493. The molecule has 0 fully saturated rings. The van der Waals surface area contributed by atoms with E-state index in [2.05, 4.69) is 15.6 Å². The van der Waals surface area contributed by atoms with Crippen LogP contribution >= 0.6 is 0 Å². The maximum absolute atomic E-state index is 12.4. The molecule has 0 saturated heterocycles. The first-order valence-corrected chi connectivity index (χ1v) is 8.93. The lowest BCUT2D eigenvalue weighted by Gasteiger charge is -2.14. The lowest BCUT2D eigenvalue weighted by molar-refractivity contribution is 0.262. The van der Waals surface area contributed by atoms with Gasteiger partial charge in [0.1, 0.15) is 5.52 Å². The van der Waals surface area contributed by atoms with Gasteiger partial charge < -0.3 is 24.5 Å². The number of fused-ring (bicyclic) bond motifs is 1. The number of methoxy groups -OCH3 is 2. The fourth-order valence-corrected chi connectivity index (χ4v) is 2.96. The lowest BCUT2D eigenvalue weighted by Crippen LogP contribution is -2.19. The zero-order valence-corrected chi connectivity index (χ0v) is 15.9.